The van der Waals surface area contributed by atoms with E-state index in [2.05, 4.69) is 52.0 Å². The molecule has 0 saturated carbocycles. The van der Waals surface area contributed by atoms with Crippen molar-refractivity contribution in [3.63, 3.8) is 0 Å². The zero-order valence-corrected chi connectivity index (χ0v) is 24.5. The highest BCUT2D eigenvalue weighted by molar-refractivity contribution is 9.10. The maximum absolute atomic E-state index is 13.4. The lowest BCUT2D eigenvalue weighted by atomic mass is 10.1. The second-order valence-electron chi connectivity index (χ2n) is 8.29. The predicted octanol–water partition coefficient (Wildman–Crippen LogP) is 9.44. The largest absolute Gasteiger partial charge is 0.348 e. The Morgan fingerprint density at radius 1 is 0.778 bits per heavy atom. The van der Waals surface area contributed by atoms with Crippen LogP contribution in [0.1, 0.15) is 46.0 Å². The Hall–Kier alpha value is -0.910. The molecule has 0 spiro atoms. The minimum absolute atomic E-state index is 0. The summed E-state index contributed by atoms with van der Waals surface area (Å²) < 4.78 is 29.6. The Labute approximate surface area is 240 Å². The first-order chi connectivity index (χ1) is 16.9. The number of fused-ring (bicyclic) bond motifs is 2. The molecule has 2 aromatic carbocycles. The third-order valence-corrected chi connectivity index (χ3v) is 9.07. The van der Waals surface area contributed by atoms with Gasteiger partial charge in [0.1, 0.15) is 11.6 Å². The lowest BCUT2D eigenvalue weighted by Gasteiger charge is -2.25. The van der Waals surface area contributed by atoms with Gasteiger partial charge in [-0.1, -0.05) is 36.8 Å². The van der Waals surface area contributed by atoms with Crippen LogP contribution in [-0.4, -0.2) is 36.1 Å². The van der Waals surface area contributed by atoms with Gasteiger partial charge in [-0.2, -0.15) is 0 Å². The number of rotatable bonds is 1. The lowest BCUT2D eigenvalue weighted by Crippen LogP contribution is -2.29. The minimum Gasteiger partial charge on any atom is -0.348 e. The maximum Gasteiger partial charge on any atom is 0.186 e. The summed E-state index contributed by atoms with van der Waals surface area (Å²) in [6.07, 6.45) is 7.98. The smallest absolute Gasteiger partial charge is 0.186 e. The molecule has 0 bridgehead atoms. The van der Waals surface area contributed by atoms with Gasteiger partial charge >= 0.3 is 0 Å². The molecular formula is C25H29Br2ClF2N4S2. The summed E-state index contributed by atoms with van der Waals surface area (Å²) in [5, 5.41) is 4.31. The fourth-order valence-corrected chi connectivity index (χ4v) is 6.91. The molecule has 2 aliphatic heterocycles. The molecule has 196 valence electrons. The molecule has 0 aliphatic carbocycles. The zero-order chi connectivity index (χ0) is 24.8. The molecule has 2 fully saturated rings. The first-order valence-electron chi connectivity index (χ1n) is 11.5. The Morgan fingerprint density at radius 3 is 1.83 bits per heavy atom. The number of benzene rings is 2. The first kappa shape index (κ1) is 29.6. The van der Waals surface area contributed by atoms with Crippen molar-refractivity contribution in [1.82, 2.24) is 15.3 Å². The van der Waals surface area contributed by atoms with E-state index in [4.69, 9.17) is 11.6 Å². The van der Waals surface area contributed by atoms with E-state index in [0.29, 0.717) is 18.9 Å². The van der Waals surface area contributed by atoms with Gasteiger partial charge in [0.2, 0.25) is 0 Å². The van der Waals surface area contributed by atoms with Gasteiger partial charge in [-0.15, -0.1) is 11.3 Å². The van der Waals surface area contributed by atoms with Crippen LogP contribution in [0.2, 0.25) is 4.47 Å². The molecule has 2 aromatic heterocycles. The number of halogens is 5. The third kappa shape index (κ3) is 8.04. The van der Waals surface area contributed by atoms with Crippen molar-refractivity contribution in [2.24, 2.45) is 0 Å². The van der Waals surface area contributed by atoms with Crippen molar-refractivity contribution >= 4 is 91.7 Å². The number of nitrogens with one attached hydrogen (secondary N) is 1. The van der Waals surface area contributed by atoms with Crippen molar-refractivity contribution in [3.05, 3.63) is 49.3 Å². The molecule has 4 aromatic rings. The van der Waals surface area contributed by atoms with Gasteiger partial charge in [0, 0.05) is 25.2 Å². The summed E-state index contributed by atoms with van der Waals surface area (Å²) in [6.45, 7) is 4.65. The van der Waals surface area contributed by atoms with Gasteiger partial charge in [0.15, 0.2) is 9.60 Å². The van der Waals surface area contributed by atoms with Crippen molar-refractivity contribution < 1.29 is 8.78 Å². The lowest BCUT2D eigenvalue weighted by molar-refractivity contribution is 0.520. The third-order valence-electron chi connectivity index (χ3n) is 5.66. The highest BCUT2D eigenvalue weighted by Crippen LogP contribution is 2.33. The van der Waals surface area contributed by atoms with E-state index in [-0.39, 0.29) is 19.1 Å². The van der Waals surface area contributed by atoms with Crippen molar-refractivity contribution in [2.75, 3.05) is 31.1 Å². The average Bonchev–Trinajstić information content (AvgIpc) is 3.44. The molecule has 11 heteroatoms. The molecule has 0 unspecified atom stereocenters. The number of hydrogen-bond donors (Lipinski definition) is 1. The highest BCUT2D eigenvalue weighted by atomic mass is 79.9. The molecule has 0 atom stereocenters. The van der Waals surface area contributed by atoms with E-state index in [9.17, 15) is 8.78 Å². The summed E-state index contributed by atoms with van der Waals surface area (Å²) in [5.41, 5.74) is 1.36. The van der Waals surface area contributed by atoms with Crippen LogP contribution in [0.5, 0.6) is 0 Å². The minimum atomic E-state index is -0.315. The van der Waals surface area contributed by atoms with Crippen LogP contribution in [0.15, 0.2) is 33.2 Å². The van der Waals surface area contributed by atoms with Gasteiger partial charge < -0.3 is 10.2 Å². The molecule has 2 saturated heterocycles. The molecule has 2 aliphatic rings. The molecular weight excluding hydrogens is 654 g/mol. The van der Waals surface area contributed by atoms with E-state index in [1.54, 1.807) is 17.4 Å². The van der Waals surface area contributed by atoms with Gasteiger partial charge in [0.25, 0.3) is 0 Å². The summed E-state index contributed by atoms with van der Waals surface area (Å²) in [5.74, 6) is -0.558. The zero-order valence-electron chi connectivity index (χ0n) is 18.9. The van der Waals surface area contributed by atoms with Crippen LogP contribution in [-0.2, 0) is 0 Å². The van der Waals surface area contributed by atoms with Crippen LogP contribution in [0, 0.1) is 11.6 Å². The topological polar surface area (TPSA) is 41.1 Å². The van der Waals surface area contributed by atoms with E-state index < -0.39 is 0 Å². The van der Waals surface area contributed by atoms with Gasteiger partial charge in [-0.05, 0) is 89.2 Å². The Balaban J connectivity index is 0.000000165. The maximum atomic E-state index is 13.4. The number of aromatic nitrogens is 2. The Bertz CT molecular complexity index is 1180. The van der Waals surface area contributed by atoms with Crippen LogP contribution in [0.4, 0.5) is 13.9 Å². The summed E-state index contributed by atoms with van der Waals surface area (Å²) in [6, 6.07) is 6.36. The summed E-state index contributed by atoms with van der Waals surface area (Å²) in [4.78, 5) is 10.8. The van der Waals surface area contributed by atoms with Gasteiger partial charge in [-0.25, -0.2) is 18.7 Å². The standard InChI is InChI=1S/C12H12BrFN2S.C7H2BrClFNS.C5H11N.CH4/c13-8-6-11-10(7-9(8)14)15-12(17-11)16-4-2-1-3-5-16;8-3-1-6-5(2-4(3)10)11-7(9)12-6;1-2-4-6-5-3-1;/h6-7H,1-5H2;1-2H;6H,1-5H2;1H4. The Kier molecular flexibility index (Phi) is 11.8. The number of thiazole rings is 2. The Morgan fingerprint density at radius 2 is 1.31 bits per heavy atom. The van der Waals surface area contributed by atoms with Crippen LogP contribution < -0.4 is 10.2 Å². The molecule has 0 radical (unpaired) electrons. The first-order valence-corrected chi connectivity index (χ1v) is 15.1. The molecule has 1 N–H and O–H groups in total. The fraction of sp³-hybridized carbons (Fsp3) is 0.440. The highest BCUT2D eigenvalue weighted by Gasteiger charge is 2.16. The van der Waals surface area contributed by atoms with E-state index in [0.717, 1.165) is 33.1 Å². The van der Waals surface area contributed by atoms with Crippen molar-refractivity contribution in [3.8, 4) is 0 Å². The SMILES string of the molecule is C.C1CCNCC1.Fc1cc2nc(Cl)sc2cc1Br.Fc1cc2nc(N3CCCCC3)sc2cc1Br. The summed E-state index contributed by atoms with van der Waals surface area (Å²) >= 11 is 14.9. The average molecular weight is 683 g/mol. The molecule has 4 nitrogen and oxygen atoms in total. The second kappa shape index (κ2) is 14.3. The van der Waals surface area contributed by atoms with E-state index in [1.165, 1.54) is 75.1 Å². The van der Waals surface area contributed by atoms with Crippen LogP contribution in [0.25, 0.3) is 20.4 Å². The number of anilines is 1. The molecule has 36 heavy (non-hydrogen) atoms. The molecule has 0 amide bonds. The normalized spacial score (nSPS) is 15.5. The second-order valence-corrected chi connectivity index (χ2v) is 12.6. The monoisotopic (exact) mass is 680 g/mol. The van der Waals surface area contributed by atoms with Crippen molar-refractivity contribution in [1.29, 1.82) is 0 Å². The van der Waals surface area contributed by atoms with Gasteiger partial charge in [-0.3, -0.25) is 0 Å². The van der Waals surface area contributed by atoms with Crippen molar-refractivity contribution in [2.45, 2.75) is 46.0 Å². The van der Waals surface area contributed by atoms with Crippen LogP contribution in [0.3, 0.4) is 0 Å². The fourth-order valence-electron chi connectivity index (χ4n) is 3.83. The quantitative estimate of drug-likeness (QED) is 0.217. The van der Waals surface area contributed by atoms with E-state index >= 15 is 0 Å². The number of hydrogen-bond acceptors (Lipinski definition) is 6. The predicted molar refractivity (Wildman–Crippen MR) is 159 cm³/mol. The van der Waals surface area contributed by atoms with Crippen LogP contribution >= 0.6 is 66.1 Å². The molecule has 4 heterocycles. The van der Waals surface area contributed by atoms with Gasteiger partial charge in [0.05, 0.1) is 29.4 Å². The summed E-state index contributed by atoms with van der Waals surface area (Å²) in [7, 11) is 0. The van der Waals surface area contributed by atoms with E-state index in [1.807, 2.05) is 6.07 Å². The number of nitrogens with zero attached hydrogens (tertiary/aromatic N) is 3. The number of piperidine rings is 2. The molecule has 6 rings (SSSR count).